The van der Waals surface area contributed by atoms with E-state index in [0.717, 1.165) is 4.47 Å². The summed E-state index contributed by atoms with van der Waals surface area (Å²) in [5.74, 6) is -1.11. The summed E-state index contributed by atoms with van der Waals surface area (Å²) >= 11 is 9.54. The molecule has 0 aliphatic carbocycles. The highest BCUT2D eigenvalue weighted by molar-refractivity contribution is 9.10. The number of anilines is 1. The third-order valence-electron chi connectivity index (χ3n) is 4.45. The van der Waals surface area contributed by atoms with Gasteiger partial charge < -0.3 is 4.74 Å². The Kier molecular flexibility index (Phi) is 6.38. The van der Waals surface area contributed by atoms with Gasteiger partial charge in [-0.1, -0.05) is 27.5 Å². The molecule has 30 heavy (non-hydrogen) atoms. The first-order valence-corrected chi connectivity index (χ1v) is 10.1. The Labute approximate surface area is 185 Å². The molecule has 0 spiro atoms. The average Bonchev–Trinajstić information content (AvgIpc) is 2.94. The van der Waals surface area contributed by atoms with Gasteiger partial charge in [0.15, 0.2) is 0 Å². The molecule has 7 nitrogen and oxygen atoms in total. The highest BCUT2D eigenvalue weighted by Crippen LogP contribution is 2.37. The monoisotopic (exact) mass is 490 g/mol. The second-order valence-electron chi connectivity index (χ2n) is 6.32. The van der Waals surface area contributed by atoms with Crippen molar-refractivity contribution >= 4 is 56.9 Å². The summed E-state index contributed by atoms with van der Waals surface area (Å²) in [5, 5.41) is 11.3. The van der Waals surface area contributed by atoms with Crippen LogP contribution < -0.4 is 4.90 Å². The van der Waals surface area contributed by atoms with Gasteiger partial charge in [-0.25, -0.2) is 4.79 Å². The van der Waals surface area contributed by atoms with E-state index in [-0.39, 0.29) is 34.0 Å². The van der Waals surface area contributed by atoms with E-state index in [9.17, 15) is 19.7 Å². The number of esters is 1. The van der Waals surface area contributed by atoms with Crippen LogP contribution in [0.3, 0.4) is 0 Å². The van der Waals surface area contributed by atoms with Crippen LogP contribution in [0.25, 0.3) is 6.08 Å². The van der Waals surface area contributed by atoms with E-state index in [1.54, 1.807) is 38.1 Å². The lowest BCUT2D eigenvalue weighted by molar-refractivity contribution is -0.384. The lowest BCUT2D eigenvalue weighted by atomic mass is 10.0. The van der Waals surface area contributed by atoms with Gasteiger partial charge in [0.1, 0.15) is 0 Å². The number of halogens is 2. The number of nitro benzene ring substituents is 1. The molecule has 0 bridgehead atoms. The van der Waals surface area contributed by atoms with Gasteiger partial charge in [-0.2, -0.15) is 0 Å². The summed E-state index contributed by atoms with van der Waals surface area (Å²) in [6, 6.07) is 10.9. The Morgan fingerprint density at radius 3 is 2.53 bits per heavy atom. The molecule has 1 heterocycles. The number of nitro groups is 1. The largest absolute Gasteiger partial charge is 0.462 e. The number of rotatable bonds is 5. The molecular weight excluding hydrogens is 476 g/mol. The van der Waals surface area contributed by atoms with Crippen molar-refractivity contribution in [2.45, 2.75) is 13.8 Å². The van der Waals surface area contributed by atoms with Crippen molar-refractivity contribution in [1.82, 2.24) is 0 Å². The Morgan fingerprint density at radius 1 is 1.27 bits per heavy atom. The van der Waals surface area contributed by atoms with Crippen molar-refractivity contribution in [2.75, 3.05) is 11.5 Å². The molecule has 0 radical (unpaired) electrons. The minimum Gasteiger partial charge on any atom is -0.462 e. The number of benzene rings is 2. The van der Waals surface area contributed by atoms with E-state index < -0.39 is 16.8 Å². The first kappa shape index (κ1) is 21.7. The summed E-state index contributed by atoms with van der Waals surface area (Å²) < 4.78 is 5.98. The lowest BCUT2D eigenvalue weighted by Gasteiger charge is -2.18. The number of hydrogen-bond acceptors (Lipinski definition) is 5. The van der Waals surface area contributed by atoms with Crippen molar-refractivity contribution in [1.29, 1.82) is 0 Å². The SMILES string of the molecule is CCOC(=O)C1=C(C)N(c2ccc(Br)cc2)C(=O)/C1=C\c1cc([N+](=O)[O-])ccc1Cl. The molecule has 0 unspecified atom stereocenters. The maximum Gasteiger partial charge on any atom is 0.340 e. The van der Waals surface area contributed by atoms with E-state index in [0.29, 0.717) is 11.4 Å². The van der Waals surface area contributed by atoms with Crippen LogP contribution in [0.2, 0.25) is 5.02 Å². The Hall–Kier alpha value is -2.97. The summed E-state index contributed by atoms with van der Waals surface area (Å²) in [7, 11) is 0. The van der Waals surface area contributed by atoms with Crippen LogP contribution in [0.15, 0.2) is 63.8 Å². The number of hydrogen-bond donors (Lipinski definition) is 0. The molecule has 0 N–H and O–H groups in total. The molecule has 1 amide bonds. The molecule has 3 rings (SSSR count). The van der Waals surface area contributed by atoms with E-state index in [2.05, 4.69) is 15.9 Å². The quantitative estimate of drug-likeness (QED) is 0.246. The summed E-state index contributed by atoms with van der Waals surface area (Å²) in [6.45, 7) is 3.44. The Bertz CT molecular complexity index is 1110. The fraction of sp³-hybridized carbons (Fsp3) is 0.143. The highest BCUT2D eigenvalue weighted by atomic mass is 79.9. The average molecular weight is 492 g/mol. The van der Waals surface area contributed by atoms with Crippen LogP contribution in [-0.4, -0.2) is 23.4 Å². The van der Waals surface area contributed by atoms with Gasteiger partial charge in [-0.05, 0) is 50.3 Å². The standard InChI is InChI=1S/C21H16BrClN2O5/c1-3-30-21(27)19-12(2)24(15-6-4-14(22)5-7-15)20(26)17(19)11-13-10-16(25(28)29)8-9-18(13)23/h4-11H,3H2,1-2H3/b17-11-. The van der Waals surface area contributed by atoms with Crippen molar-refractivity contribution in [3.63, 3.8) is 0 Å². The molecule has 2 aromatic rings. The molecule has 154 valence electrons. The van der Waals surface area contributed by atoms with Gasteiger partial charge in [-0.15, -0.1) is 0 Å². The first-order valence-electron chi connectivity index (χ1n) is 8.88. The van der Waals surface area contributed by atoms with Crippen molar-refractivity contribution in [2.24, 2.45) is 0 Å². The van der Waals surface area contributed by atoms with Gasteiger partial charge >= 0.3 is 5.97 Å². The zero-order valence-corrected chi connectivity index (χ0v) is 18.4. The molecule has 1 aliphatic rings. The summed E-state index contributed by atoms with van der Waals surface area (Å²) in [6.07, 6.45) is 1.38. The van der Waals surface area contributed by atoms with Gasteiger partial charge in [0.25, 0.3) is 11.6 Å². The van der Waals surface area contributed by atoms with Gasteiger partial charge in [-0.3, -0.25) is 19.8 Å². The zero-order valence-electron chi connectivity index (χ0n) is 16.0. The normalized spacial score (nSPS) is 15.1. The third-order valence-corrected chi connectivity index (χ3v) is 5.33. The number of non-ortho nitro benzene ring substituents is 1. The third kappa shape index (κ3) is 4.15. The smallest absolute Gasteiger partial charge is 0.340 e. The Morgan fingerprint density at radius 2 is 1.93 bits per heavy atom. The second kappa shape index (κ2) is 8.81. The molecule has 2 aromatic carbocycles. The summed E-state index contributed by atoms with van der Waals surface area (Å²) in [4.78, 5) is 37.9. The fourth-order valence-corrected chi connectivity index (χ4v) is 3.53. The van der Waals surface area contributed by atoms with Crippen LogP contribution in [0.4, 0.5) is 11.4 Å². The van der Waals surface area contributed by atoms with Crippen LogP contribution in [0, 0.1) is 10.1 Å². The van der Waals surface area contributed by atoms with Gasteiger partial charge in [0, 0.05) is 38.6 Å². The first-order chi connectivity index (χ1) is 14.2. The fourth-order valence-electron chi connectivity index (χ4n) is 3.09. The van der Waals surface area contributed by atoms with Crippen LogP contribution in [-0.2, 0) is 14.3 Å². The number of allylic oxidation sites excluding steroid dienone is 1. The molecule has 0 atom stereocenters. The molecule has 0 fully saturated rings. The number of amides is 1. The zero-order chi connectivity index (χ0) is 22.0. The Balaban J connectivity index is 2.17. The number of ether oxygens (including phenoxy) is 1. The maximum absolute atomic E-state index is 13.3. The van der Waals surface area contributed by atoms with E-state index in [4.69, 9.17) is 16.3 Å². The van der Waals surface area contributed by atoms with E-state index in [1.165, 1.54) is 29.2 Å². The second-order valence-corrected chi connectivity index (χ2v) is 7.64. The van der Waals surface area contributed by atoms with Gasteiger partial charge in [0.2, 0.25) is 0 Å². The number of carbonyl (C=O) groups is 2. The molecular formula is C21H16BrClN2O5. The van der Waals surface area contributed by atoms with Crippen molar-refractivity contribution < 1.29 is 19.2 Å². The van der Waals surface area contributed by atoms with Gasteiger partial charge in [0.05, 0.1) is 22.7 Å². The van der Waals surface area contributed by atoms with Crippen LogP contribution in [0.5, 0.6) is 0 Å². The summed E-state index contributed by atoms with van der Waals surface area (Å²) in [5.41, 5.74) is 1.18. The minimum atomic E-state index is -0.657. The van der Waals surface area contributed by atoms with E-state index in [1.807, 2.05) is 0 Å². The van der Waals surface area contributed by atoms with Crippen LogP contribution >= 0.6 is 27.5 Å². The maximum atomic E-state index is 13.3. The molecule has 0 saturated carbocycles. The number of carbonyl (C=O) groups excluding carboxylic acids is 2. The lowest BCUT2D eigenvalue weighted by Crippen LogP contribution is -2.24. The van der Waals surface area contributed by atoms with Crippen molar-refractivity contribution in [3.05, 3.63) is 84.5 Å². The predicted octanol–water partition coefficient (Wildman–Crippen LogP) is 5.28. The highest BCUT2D eigenvalue weighted by Gasteiger charge is 2.38. The minimum absolute atomic E-state index is 0.0521. The topological polar surface area (TPSA) is 89.8 Å². The van der Waals surface area contributed by atoms with E-state index >= 15 is 0 Å². The van der Waals surface area contributed by atoms with Crippen LogP contribution in [0.1, 0.15) is 19.4 Å². The predicted molar refractivity (Wildman–Crippen MR) is 117 cm³/mol. The molecule has 9 heteroatoms. The molecule has 0 saturated heterocycles. The van der Waals surface area contributed by atoms with Crippen molar-refractivity contribution in [3.8, 4) is 0 Å². The molecule has 0 aromatic heterocycles. The molecule has 1 aliphatic heterocycles. The number of nitrogens with zero attached hydrogens (tertiary/aromatic N) is 2.